The first-order valence-electron chi connectivity index (χ1n) is 5.47. The van der Waals surface area contributed by atoms with Gasteiger partial charge in [0.2, 0.25) is 0 Å². The summed E-state index contributed by atoms with van der Waals surface area (Å²) < 4.78 is 0. The first-order chi connectivity index (χ1) is 7.19. The fourth-order valence-electron chi connectivity index (χ4n) is 1.69. The summed E-state index contributed by atoms with van der Waals surface area (Å²) in [5, 5.41) is 10.5. The van der Waals surface area contributed by atoms with Crippen molar-refractivity contribution in [3.8, 4) is 0 Å². The number of halogens is 1. The van der Waals surface area contributed by atoms with Gasteiger partial charge in [0.15, 0.2) is 0 Å². The lowest BCUT2D eigenvalue weighted by molar-refractivity contribution is 0.137. The smallest absolute Gasteiger partial charge is 0.0977 e. The summed E-state index contributed by atoms with van der Waals surface area (Å²) in [5.74, 6) is 0.540. The van der Waals surface area contributed by atoms with Gasteiger partial charge in [0.25, 0.3) is 0 Å². The Bertz CT molecular complexity index is 299. The lowest BCUT2D eigenvalue weighted by Gasteiger charge is -2.17. The summed E-state index contributed by atoms with van der Waals surface area (Å²) >= 11 is 5.97. The van der Waals surface area contributed by atoms with Crippen LogP contribution >= 0.6 is 11.6 Å². The number of aliphatic hydroxyl groups is 1. The second-order valence-corrected chi connectivity index (χ2v) is 4.21. The van der Waals surface area contributed by atoms with E-state index in [0.717, 1.165) is 19.3 Å². The third-order valence-electron chi connectivity index (χ3n) is 2.81. The molecule has 0 saturated carbocycles. The largest absolute Gasteiger partial charge is 0.387 e. The maximum Gasteiger partial charge on any atom is 0.0977 e. The predicted molar refractivity (Wildman–Crippen MR) is 62.9 cm³/mol. The van der Waals surface area contributed by atoms with E-state index >= 15 is 0 Å². The Kier molecular flexibility index (Phi) is 5.06. The molecule has 1 rings (SSSR count). The standard InChI is InChI=1S/C12H18ClNO/c1-3-9(4-2)8-11(15)12-10(13)6-5-7-14-12/h5-7,9,11,15H,3-4,8H2,1-2H3. The van der Waals surface area contributed by atoms with Crippen molar-refractivity contribution in [2.75, 3.05) is 0 Å². The molecule has 84 valence electrons. The van der Waals surface area contributed by atoms with E-state index in [-0.39, 0.29) is 0 Å². The van der Waals surface area contributed by atoms with Crippen LogP contribution in [0.3, 0.4) is 0 Å². The normalized spacial score (nSPS) is 13.1. The quantitative estimate of drug-likeness (QED) is 0.834. The zero-order valence-corrected chi connectivity index (χ0v) is 10.0. The Labute approximate surface area is 96.3 Å². The summed E-state index contributed by atoms with van der Waals surface area (Å²) in [7, 11) is 0. The molecule has 0 aliphatic carbocycles. The van der Waals surface area contributed by atoms with Crippen LogP contribution in [0, 0.1) is 5.92 Å². The number of rotatable bonds is 5. The van der Waals surface area contributed by atoms with Gasteiger partial charge in [-0.1, -0.05) is 38.3 Å². The average molecular weight is 228 g/mol. The highest BCUT2D eigenvalue weighted by molar-refractivity contribution is 6.31. The number of nitrogens with zero attached hydrogens (tertiary/aromatic N) is 1. The molecule has 0 fully saturated rings. The minimum Gasteiger partial charge on any atom is -0.387 e. The molecule has 15 heavy (non-hydrogen) atoms. The zero-order chi connectivity index (χ0) is 11.3. The van der Waals surface area contributed by atoms with Crippen LogP contribution in [0.2, 0.25) is 5.02 Å². The SMILES string of the molecule is CCC(CC)CC(O)c1ncccc1Cl. The lowest BCUT2D eigenvalue weighted by atomic mass is 9.95. The first kappa shape index (κ1) is 12.5. The molecule has 2 nitrogen and oxygen atoms in total. The molecule has 1 heterocycles. The van der Waals surface area contributed by atoms with E-state index in [1.807, 2.05) is 0 Å². The highest BCUT2D eigenvalue weighted by atomic mass is 35.5. The molecule has 1 atom stereocenters. The van der Waals surface area contributed by atoms with Gasteiger partial charge in [-0.2, -0.15) is 0 Å². The molecule has 0 aromatic carbocycles. The second-order valence-electron chi connectivity index (χ2n) is 3.80. The Morgan fingerprint density at radius 2 is 2.07 bits per heavy atom. The Balaban J connectivity index is 2.68. The van der Waals surface area contributed by atoms with Crippen LogP contribution in [0.1, 0.15) is 44.9 Å². The highest BCUT2D eigenvalue weighted by Gasteiger charge is 2.16. The van der Waals surface area contributed by atoms with E-state index in [1.54, 1.807) is 18.3 Å². The third kappa shape index (κ3) is 3.47. The monoisotopic (exact) mass is 227 g/mol. The fraction of sp³-hybridized carbons (Fsp3) is 0.583. The fourth-order valence-corrected chi connectivity index (χ4v) is 1.94. The average Bonchev–Trinajstić information content (AvgIpc) is 2.26. The summed E-state index contributed by atoms with van der Waals surface area (Å²) in [5.41, 5.74) is 0.603. The number of pyridine rings is 1. The van der Waals surface area contributed by atoms with Crippen LogP contribution in [0.15, 0.2) is 18.3 Å². The molecule has 0 saturated heterocycles. The molecule has 0 aliphatic rings. The van der Waals surface area contributed by atoms with Crippen molar-refractivity contribution in [1.82, 2.24) is 4.98 Å². The number of aliphatic hydroxyl groups excluding tert-OH is 1. The van der Waals surface area contributed by atoms with Crippen molar-refractivity contribution in [3.05, 3.63) is 29.0 Å². The van der Waals surface area contributed by atoms with Crippen LogP contribution < -0.4 is 0 Å². The van der Waals surface area contributed by atoms with Gasteiger partial charge in [0.1, 0.15) is 0 Å². The van der Waals surface area contributed by atoms with Gasteiger partial charge in [-0.15, -0.1) is 0 Å². The first-order valence-corrected chi connectivity index (χ1v) is 5.85. The maximum absolute atomic E-state index is 9.99. The van der Waals surface area contributed by atoms with Crippen molar-refractivity contribution < 1.29 is 5.11 Å². The Morgan fingerprint density at radius 3 is 2.60 bits per heavy atom. The van der Waals surface area contributed by atoms with Crippen molar-refractivity contribution in [1.29, 1.82) is 0 Å². The Morgan fingerprint density at radius 1 is 1.40 bits per heavy atom. The molecule has 0 amide bonds. The highest BCUT2D eigenvalue weighted by Crippen LogP contribution is 2.27. The molecule has 0 aliphatic heterocycles. The summed E-state index contributed by atoms with van der Waals surface area (Å²) in [4.78, 5) is 4.12. The van der Waals surface area contributed by atoms with E-state index in [1.165, 1.54) is 0 Å². The van der Waals surface area contributed by atoms with Crippen molar-refractivity contribution in [2.24, 2.45) is 5.92 Å². The molecular weight excluding hydrogens is 210 g/mol. The van der Waals surface area contributed by atoms with Gasteiger partial charge in [0, 0.05) is 6.20 Å². The second kappa shape index (κ2) is 6.09. The topological polar surface area (TPSA) is 33.1 Å². The van der Waals surface area contributed by atoms with Gasteiger partial charge in [-0.25, -0.2) is 0 Å². The van der Waals surface area contributed by atoms with Gasteiger partial charge in [-0.3, -0.25) is 4.98 Å². The molecule has 0 bridgehead atoms. The van der Waals surface area contributed by atoms with Crippen molar-refractivity contribution in [2.45, 2.75) is 39.2 Å². The number of hydrogen-bond acceptors (Lipinski definition) is 2. The molecular formula is C12H18ClNO. The molecule has 0 radical (unpaired) electrons. The minimum absolute atomic E-state index is 0.538. The van der Waals surface area contributed by atoms with Crippen molar-refractivity contribution in [3.63, 3.8) is 0 Å². The van der Waals surface area contributed by atoms with E-state index in [0.29, 0.717) is 16.6 Å². The number of aromatic nitrogens is 1. The van der Waals surface area contributed by atoms with E-state index in [9.17, 15) is 5.11 Å². The van der Waals surface area contributed by atoms with Gasteiger partial charge < -0.3 is 5.11 Å². The van der Waals surface area contributed by atoms with Crippen LogP contribution in [0.4, 0.5) is 0 Å². The van der Waals surface area contributed by atoms with Crippen LogP contribution in [-0.2, 0) is 0 Å². The third-order valence-corrected chi connectivity index (χ3v) is 3.13. The number of hydrogen-bond donors (Lipinski definition) is 1. The summed E-state index contributed by atoms with van der Waals surface area (Å²) in [6.45, 7) is 4.28. The van der Waals surface area contributed by atoms with Gasteiger partial charge in [0.05, 0.1) is 16.8 Å². The predicted octanol–water partition coefficient (Wildman–Crippen LogP) is 3.59. The molecule has 1 aromatic rings. The summed E-state index contributed by atoms with van der Waals surface area (Å²) in [6.07, 6.45) is 4.03. The van der Waals surface area contributed by atoms with Crippen molar-refractivity contribution >= 4 is 11.6 Å². The molecule has 1 N–H and O–H groups in total. The molecule has 0 spiro atoms. The van der Waals surface area contributed by atoms with Crippen LogP contribution in [-0.4, -0.2) is 10.1 Å². The van der Waals surface area contributed by atoms with Crippen LogP contribution in [0.25, 0.3) is 0 Å². The van der Waals surface area contributed by atoms with Gasteiger partial charge >= 0.3 is 0 Å². The van der Waals surface area contributed by atoms with Gasteiger partial charge in [-0.05, 0) is 24.5 Å². The minimum atomic E-state index is -0.538. The molecule has 1 aromatic heterocycles. The Hall–Kier alpha value is -0.600. The van der Waals surface area contributed by atoms with Crippen LogP contribution in [0.5, 0.6) is 0 Å². The molecule has 3 heteroatoms. The van der Waals surface area contributed by atoms with E-state index in [4.69, 9.17) is 11.6 Å². The van der Waals surface area contributed by atoms with E-state index < -0.39 is 6.10 Å². The zero-order valence-electron chi connectivity index (χ0n) is 9.28. The van der Waals surface area contributed by atoms with E-state index in [2.05, 4.69) is 18.8 Å². The summed E-state index contributed by atoms with van der Waals surface area (Å²) in [6, 6.07) is 3.54. The lowest BCUT2D eigenvalue weighted by Crippen LogP contribution is -2.08. The molecule has 1 unspecified atom stereocenters. The maximum atomic E-state index is 9.99.